The first kappa shape index (κ1) is 32.1. The van der Waals surface area contributed by atoms with E-state index in [0.717, 1.165) is 12.8 Å². The second kappa shape index (κ2) is 10.7. The second-order valence-corrected chi connectivity index (χ2v) is 18.4. The molecule has 0 N–H and O–H groups in total. The topological polar surface area (TPSA) is 0 Å². The lowest BCUT2D eigenvalue weighted by molar-refractivity contribution is 0.569. The van der Waals surface area contributed by atoms with E-state index in [9.17, 15) is 0 Å². The zero-order chi connectivity index (χ0) is 34.8. The first-order valence-electron chi connectivity index (χ1n) is 18.5. The Balaban J connectivity index is 1.59. The minimum atomic E-state index is 0.0289. The Morgan fingerprint density at radius 2 is 0.878 bits per heavy atom. The SMILES string of the molecule is CC(C)c1cc(-c2c3c(c(-c4cc(C(C)(C)C)cc(C(C)(C)C)c4)c4ccccc24)-c2ccc4c5c(ccc-3c25)CC4)cc(C(C)(C)C)c1. The molecule has 2 aliphatic rings. The van der Waals surface area contributed by atoms with E-state index >= 15 is 0 Å². The van der Waals surface area contributed by atoms with Crippen LogP contribution in [0.25, 0.3) is 66.1 Å². The number of aryl methyl sites for hydroxylation is 2. The summed E-state index contributed by atoms with van der Waals surface area (Å²) in [5.74, 6) is 0.440. The summed E-state index contributed by atoms with van der Waals surface area (Å²) < 4.78 is 0. The molecule has 0 saturated carbocycles. The molecule has 0 aromatic heterocycles. The first-order chi connectivity index (χ1) is 23.0. The zero-order valence-electron chi connectivity index (χ0n) is 31.6. The van der Waals surface area contributed by atoms with Gasteiger partial charge < -0.3 is 0 Å². The van der Waals surface area contributed by atoms with Gasteiger partial charge in [-0.1, -0.05) is 161 Å². The molecule has 0 unspecified atom stereocenters. The lowest BCUT2D eigenvalue weighted by Gasteiger charge is -2.28. The average Bonchev–Trinajstić information content (AvgIpc) is 3.60. The van der Waals surface area contributed by atoms with Crippen LogP contribution >= 0.6 is 0 Å². The third kappa shape index (κ3) is 5.00. The van der Waals surface area contributed by atoms with Crippen molar-refractivity contribution in [2.45, 2.75) is 111 Å². The molecule has 0 radical (unpaired) electrons. The van der Waals surface area contributed by atoms with Gasteiger partial charge in [0.25, 0.3) is 0 Å². The van der Waals surface area contributed by atoms with E-state index in [2.05, 4.69) is 161 Å². The molecule has 0 aliphatic heterocycles. The van der Waals surface area contributed by atoms with Crippen LogP contribution in [0.5, 0.6) is 0 Å². The van der Waals surface area contributed by atoms with E-state index in [1.54, 1.807) is 0 Å². The quantitative estimate of drug-likeness (QED) is 0.180. The fourth-order valence-electron chi connectivity index (χ4n) is 8.52. The molecule has 8 rings (SSSR count). The molecule has 49 heavy (non-hydrogen) atoms. The normalized spacial score (nSPS) is 14.0. The molecule has 0 bridgehead atoms. The van der Waals surface area contributed by atoms with Crippen molar-refractivity contribution in [2.24, 2.45) is 0 Å². The molecule has 2 aliphatic carbocycles. The molecule has 0 nitrogen and oxygen atoms in total. The standard InChI is InChI=1S/C49H52/c1-28(2)31-22-32(24-34(23-31)47(3,4)5)42-37-14-12-13-15-38(37)43(33-25-35(48(6,7)8)27-36(26-33)49(9,10)11)46-40-21-19-30-17-16-29-18-20-39(45(42)46)44(40)41(29)30/h12-15,18-28H,16-17H2,1-11H3. The monoisotopic (exact) mass is 640 g/mol. The summed E-state index contributed by atoms with van der Waals surface area (Å²) in [7, 11) is 0. The third-order valence-electron chi connectivity index (χ3n) is 11.5. The molecule has 0 heteroatoms. The van der Waals surface area contributed by atoms with E-state index in [4.69, 9.17) is 0 Å². The van der Waals surface area contributed by atoms with Gasteiger partial charge >= 0.3 is 0 Å². The summed E-state index contributed by atoms with van der Waals surface area (Å²) in [5, 5.41) is 5.67. The summed E-state index contributed by atoms with van der Waals surface area (Å²) in [6.07, 6.45) is 2.28. The molecule has 6 aromatic carbocycles. The van der Waals surface area contributed by atoms with Crippen LogP contribution in [0.15, 0.2) is 84.9 Å². The Bertz CT molecular complexity index is 2290. The van der Waals surface area contributed by atoms with Crippen molar-refractivity contribution in [1.29, 1.82) is 0 Å². The Morgan fingerprint density at radius 3 is 1.31 bits per heavy atom. The summed E-state index contributed by atoms with van der Waals surface area (Å²) >= 11 is 0. The molecule has 0 amide bonds. The van der Waals surface area contributed by atoms with E-state index in [-0.39, 0.29) is 16.2 Å². The molecular formula is C49H52. The lowest BCUT2D eigenvalue weighted by atomic mass is 9.76. The highest BCUT2D eigenvalue weighted by Crippen LogP contribution is 2.59. The van der Waals surface area contributed by atoms with Gasteiger partial charge in [0.1, 0.15) is 0 Å². The van der Waals surface area contributed by atoms with Crippen molar-refractivity contribution < 1.29 is 0 Å². The van der Waals surface area contributed by atoms with Crippen LogP contribution in [-0.2, 0) is 29.1 Å². The van der Waals surface area contributed by atoms with Crippen LogP contribution in [0.1, 0.15) is 115 Å². The fraction of sp³-hybridized carbons (Fsp3) is 0.347. The summed E-state index contributed by atoms with van der Waals surface area (Å²) in [4.78, 5) is 0. The second-order valence-electron chi connectivity index (χ2n) is 18.4. The molecule has 0 heterocycles. The predicted molar refractivity (Wildman–Crippen MR) is 214 cm³/mol. The van der Waals surface area contributed by atoms with Crippen LogP contribution in [0.3, 0.4) is 0 Å². The smallest absolute Gasteiger partial charge is 0.000741 e. The van der Waals surface area contributed by atoms with Crippen LogP contribution in [-0.4, -0.2) is 0 Å². The summed E-state index contributed by atoms with van der Waals surface area (Å²) in [6, 6.07) is 34.0. The summed E-state index contributed by atoms with van der Waals surface area (Å²) in [6.45, 7) is 25.9. The Kier molecular flexibility index (Phi) is 6.98. The lowest BCUT2D eigenvalue weighted by Crippen LogP contribution is -2.16. The van der Waals surface area contributed by atoms with Crippen LogP contribution in [0.2, 0.25) is 0 Å². The molecular weight excluding hydrogens is 589 g/mol. The van der Waals surface area contributed by atoms with Crippen LogP contribution < -0.4 is 0 Å². The Morgan fingerprint density at radius 1 is 0.449 bits per heavy atom. The fourth-order valence-corrected chi connectivity index (χ4v) is 8.52. The van der Waals surface area contributed by atoms with Crippen molar-refractivity contribution in [3.63, 3.8) is 0 Å². The minimum absolute atomic E-state index is 0.0289. The molecule has 6 aromatic rings. The van der Waals surface area contributed by atoms with Gasteiger partial charge in [-0.25, -0.2) is 0 Å². The zero-order valence-corrected chi connectivity index (χ0v) is 31.6. The van der Waals surface area contributed by atoms with Gasteiger partial charge in [-0.05, 0) is 134 Å². The van der Waals surface area contributed by atoms with Gasteiger partial charge in [0.2, 0.25) is 0 Å². The number of rotatable bonds is 3. The highest BCUT2D eigenvalue weighted by Gasteiger charge is 2.34. The van der Waals surface area contributed by atoms with Gasteiger partial charge in [0.05, 0.1) is 0 Å². The predicted octanol–water partition coefficient (Wildman–Crippen LogP) is 14.1. The number of hydrogen-bond donors (Lipinski definition) is 0. The van der Waals surface area contributed by atoms with Crippen molar-refractivity contribution in [3.05, 3.63) is 118 Å². The van der Waals surface area contributed by atoms with E-state index < -0.39 is 0 Å². The third-order valence-corrected chi connectivity index (χ3v) is 11.5. The van der Waals surface area contributed by atoms with Crippen LogP contribution in [0.4, 0.5) is 0 Å². The Labute approximate surface area is 294 Å². The van der Waals surface area contributed by atoms with Crippen molar-refractivity contribution >= 4 is 21.5 Å². The minimum Gasteiger partial charge on any atom is -0.0616 e. The largest absolute Gasteiger partial charge is 0.0616 e. The maximum Gasteiger partial charge on any atom is -0.000741 e. The number of benzene rings is 6. The van der Waals surface area contributed by atoms with Crippen molar-refractivity contribution in [3.8, 4) is 44.5 Å². The van der Waals surface area contributed by atoms with Crippen molar-refractivity contribution in [1.82, 2.24) is 0 Å². The maximum absolute atomic E-state index is 2.51. The van der Waals surface area contributed by atoms with Gasteiger partial charge in [-0.2, -0.15) is 0 Å². The van der Waals surface area contributed by atoms with Crippen molar-refractivity contribution in [2.75, 3.05) is 0 Å². The van der Waals surface area contributed by atoms with E-state index in [0.29, 0.717) is 5.92 Å². The molecule has 248 valence electrons. The highest BCUT2D eigenvalue weighted by atomic mass is 14.4. The van der Waals surface area contributed by atoms with Gasteiger partial charge in [-0.3, -0.25) is 0 Å². The summed E-state index contributed by atoms with van der Waals surface area (Å²) in [5.41, 5.74) is 19.8. The molecule has 0 spiro atoms. The molecule has 0 saturated heterocycles. The number of fused-ring (bicyclic) bond motifs is 4. The van der Waals surface area contributed by atoms with Crippen LogP contribution in [0, 0.1) is 0 Å². The van der Waals surface area contributed by atoms with Gasteiger partial charge in [0, 0.05) is 0 Å². The Hall–Kier alpha value is -4.16. The average molecular weight is 641 g/mol. The maximum atomic E-state index is 2.51. The highest BCUT2D eigenvalue weighted by molar-refractivity contribution is 6.28. The molecule has 0 fully saturated rings. The first-order valence-corrected chi connectivity index (χ1v) is 18.5. The van der Waals surface area contributed by atoms with Gasteiger partial charge in [-0.15, -0.1) is 0 Å². The van der Waals surface area contributed by atoms with E-state index in [1.165, 1.54) is 99.4 Å². The number of hydrogen-bond acceptors (Lipinski definition) is 0. The van der Waals surface area contributed by atoms with Gasteiger partial charge in [0.15, 0.2) is 0 Å². The van der Waals surface area contributed by atoms with E-state index in [1.807, 2.05) is 0 Å². The molecule has 0 atom stereocenters.